The zero-order valence-electron chi connectivity index (χ0n) is 13.2. The summed E-state index contributed by atoms with van der Waals surface area (Å²) < 4.78 is 38.3. The molecule has 3 rings (SSSR count). The first-order chi connectivity index (χ1) is 11.4. The van der Waals surface area contributed by atoms with E-state index in [9.17, 15) is 8.42 Å². The summed E-state index contributed by atoms with van der Waals surface area (Å²) in [4.78, 5) is 0.800. The quantitative estimate of drug-likeness (QED) is 0.746. The summed E-state index contributed by atoms with van der Waals surface area (Å²) >= 11 is 1.15. The zero-order chi connectivity index (χ0) is 17.3. The molecule has 0 aliphatic rings. The van der Waals surface area contributed by atoms with Crippen molar-refractivity contribution in [3.63, 3.8) is 0 Å². The number of methoxy groups -OCH3 is 1. The zero-order valence-corrected chi connectivity index (χ0v) is 14.9. The Morgan fingerprint density at radius 2 is 2.00 bits per heavy atom. The molecule has 24 heavy (non-hydrogen) atoms. The highest BCUT2D eigenvalue weighted by Gasteiger charge is 2.20. The van der Waals surface area contributed by atoms with E-state index in [0.29, 0.717) is 22.9 Å². The van der Waals surface area contributed by atoms with Gasteiger partial charge in [0.2, 0.25) is 12.3 Å². The van der Waals surface area contributed by atoms with Gasteiger partial charge in [-0.25, -0.2) is 8.42 Å². The monoisotopic (exact) mass is 365 g/mol. The van der Waals surface area contributed by atoms with Crippen LogP contribution in [0.25, 0.3) is 11.5 Å². The highest BCUT2D eigenvalue weighted by molar-refractivity contribution is 7.94. The van der Waals surface area contributed by atoms with E-state index in [1.807, 2.05) is 19.9 Å². The number of aryl methyl sites for hydroxylation is 2. The number of anilines is 1. The smallest absolute Gasteiger partial charge is 0.271 e. The molecule has 1 N–H and O–H groups in total. The highest BCUT2D eigenvalue weighted by atomic mass is 32.2. The lowest BCUT2D eigenvalue weighted by molar-refractivity contribution is 0.413. The third-order valence-electron chi connectivity index (χ3n) is 3.27. The van der Waals surface area contributed by atoms with E-state index in [2.05, 4.69) is 14.9 Å². The molecule has 0 fully saturated rings. The Kier molecular flexibility index (Phi) is 4.29. The normalized spacial score (nSPS) is 11.5. The second kappa shape index (κ2) is 6.25. The summed E-state index contributed by atoms with van der Waals surface area (Å²) in [7, 11) is -2.20. The van der Waals surface area contributed by atoms with Crippen molar-refractivity contribution >= 4 is 27.0 Å². The van der Waals surface area contributed by atoms with Crippen molar-refractivity contribution in [3.05, 3.63) is 41.1 Å². The molecular formula is C15H15N3O4S2. The summed E-state index contributed by atoms with van der Waals surface area (Å²) in [5.74, 6) is 0.879. The van der Waals surface area contributed by atoms with Crippen LogP contribution in [0.15, 0.2) is 39.3 Å². The van der Waals surface area contributed by atoms with Gasteiger partial charge in [-0.3, -0.25) is 4.72 Å². The van der Waals surface area contributed by atoms with Gasteiger partial charge in [0.05, 0.1) is 7.11 Å². The molecular weight excluding hydrogens is 350 g/mol. The van der Waals surface area contributed by atoms with Gasteiger partial charge in [0.15, 0.2) is 0 Å². The summed E-state index contributed by atoms with van der Waals surface area (Å²) in [5, 5.41) is 7.48. The lowest BCUT2D eigenvalue weighted by atomic mass is 10.1. The molecule has 0 radical (unpaired) electrons. The molecule has 7 nitrogen and oxygen atoms in total. The average molecular weight is 365 g/mol. The van der Waals surface area contributed by atoms with Crippen molar-refractivity contribution in [3.8, 4) is 17.2 Å². The lowest BCUT2D eigenvalue weighted by Gasteiger charge is -2.08. The Morgan fingerprint density at radius 1 is 1.21 bits per heavy atom. The molecule has 9 heteroatoms. The maximum Gasteiger partial charge on any atom is 0.271 e. The Balaban J connectivity index is 1.95. The molecule has 3 aromatic rings. The fourth-order valence-corrected chi connectivity index (χ4v) is 4.68. The molecule has 2 heterocycles. The second-order valence-corrected chi connectivity index (χ2v) is 8.29. The van der Waals surface area contributed by atoms with E-state index in [1.54, 1.807) is 12.1 Å². The van der Waals surface area contributed by atoms with Crippen LogP contribution < -0.4 is 9.46 Å². The van der Waals surface area contributed by atoms with Crippen molar-refractivity contribution in [1.82, 2.24) is 10.2 Å². The van der Waals surface area contributed by atoms with Gasteiger partial charge in [-0.15, -0.1) is 21.5 Å². The van der Waals surface area contributed by atoms with Crippen LogP contribution in [-0.4, -0.2) is 25.7 Å². The minimum absolute atomic E-state index is 0.192. The number of ether oxygens (including phenoxy) is 1. The molecule has 0 amide bonds. The highest BCUT2D eigenvalue weighted by Crippen LogP contribution is 2.33. The van der Waals surface area contributed by atoms with Gasteiger partial charge in [0, 0.05) is 22.2 Å². The maximum absolute atomic E-state index is 12.6. The molecule has 0 saturated carbocycles. The van der Waals surface area contributed by atoms with E-state index in [-0.39, 0.29) is 4.21 Å². The number of sulfonamides is 1. The minimum Gasteiger partial charge on any atom is -0.496 e. The molecule has 0 aliphatic heterocycles. The van der Waals surface area contributed by atoms with Crippen LogP contribution in [0.3, 0.4) is 0 Å². The van der Waals surface area contributed by atoms with E-state index >= 15 is 0 Å². The summed E-state index contributed by atoms with van der Waals surface area (Å²) in [5.41, 5.74) is 1.93. The minimum atomic E-state index is -3.71. The third kappa shape index (κ3) is 3.26. The summed E-state index contributed by atoms with van der Waals surface area (Å²) in [6.45, 7) is 3.67. The van der Waals surface area contributed by atoms with Crippen LogP contribution in [0.4, 0.5) is 5.69 Å². The maximum atomic E-state index is 12.6. The first kappa shape index (κ1) is 16.5. The van der Waals surface area contributed by atoms with Gasteiger partial charge < -0.3 is 9.15 Å². The van der Waals surface area contributed by atoms with E-state index in [1.165, 1.54) is 19.6 Å². The number of hydrogen-bond acceptors (Lipinski definition) is 7. The van der Waals surface area contributed by atoms with Gasteiger partial charge >= 0.3 is 0 Å². The fourth-order valence-electron chi connectivity index (χ4n) is 2.24. The topological polar surface area (TPSA) is 94.3 Å². The predicted octanol–water partition coefficient (Wildman–Crippen LogP) is 3.22. The van der Waals surface area contributed by atoms with Crippen LogP contribution in [0, 0.1) is 13.8 Å². The van der Waals surface area contributed by atoms with Gasteiger partial charge in [0.1, 0.15) is 9.96 Å². The van der Waals surface area contributed by atoms with Crippen molar-refractivity contribution < 1.29 is 17.6 Å². The van der Waals surface area contributed by atoms with E-state index < -0.39 is 10.0 Å². The largest absolute Gasteiger partial charge is 0.496 e. The van der Waals surface area contributed by atoms with Crippen LogP contribution in [0.1, 0.15) is 10.4 Å². The van der Waals surface area contributed by atoms with Crippen LogP contribution in [0.2, 0.25) is 0 Å². The average Bonchev–Trinajstić information content (AvgIpc) is 3.15. The van der Waals surface area contributed by atoms with E-state index in [4.69, 9.17) is 9.15 Å². The Bertz CT molecular complexity index is 963. The van der Waals surface area contributed by atoms with Crippen molar-refractivity contribution in [1.29, 1.82) is 0 Å². The predicted molar refractivity (Wildman–Crippen MR) is 90.9 cm³/mol. The molecule has 0 aliphatic carbocycles. The molecule has 0 spiro atoms. The number of aromatic nitrogens is 2. The fraction of sp³-hybridized carbons (Fsp3) is 0.200. The molecule has 0 unspecified atom stereocenters. The van der Waals surface area contributed by atoms with Gasteiger partial charge in [0.25, 0.3) is 10.0 Å². The van der Waals surface area contributed by atoms with Crippen LogP contribution in [-0.2, 0) is 10.0 Å². The van der Waals surface area contributed by atoms with Gasteiger partial charge in [-0.05, 0) is 37.6 Å². The number of hydrogen-bond donors (Lipinski definition) is 1. The lowest BCUT2D eigenvalue weighted by Crippen LogP contribution is -2.11. The Labute approximate surface area is 143 Å². The Morgan fingerprint density at radius 3 is 2.62 bits per heavy atom. The number of rotatable bonds is 5. The summed E-state index contributed by atoms with van der Waals surface area (Å²) in [6, 6.07) is 6.73. The number of nitrogens with zero attached hydrogens (tertiary/aromatic N) is 2. The number of thiophene rings is 1. The van der Waals surface area contributed by atoms with E-state index in [0.717, 1.165) is 21.8 Å². The number of benzene rings is 1. The molecule has 2 aromatic heterocycles. The number of nitrogens with one attached hydrogen (secondary N) is 1. The van der Waals surface area contributed by atoms with Crippen molar-refractivity contribution in [2.75, 3.05) is 11.8 Å². The van der Waals surface area contributed by atoms with Crippen molar-refractivity contribution in [2.24, 2.45) is 0 Å². The molecule has 1 aromatic carbocycles. The molecule has 0 saturated heterocycles. The molecule has 0 bridgehead atoms. The SMILES string of the molecule is COc1cc(S(=O)(=O)Nc2cc(C)cc(-c3nnco3)c2)sc1C. The first-order valence-electron chi connectivity index (χ1n) is 6.94. The standard InChI is InChI=1S/C15H15N3O4S2/c1-9-4-11(15-17-16-8-22-15)6-12(5-9)18-24(19,20)14-7-13(21-3)10(2)23-14/h4-8,18H,1-3H3. The third-order valence-corrected chi connectivity index (χ3v) is 6.16. The second-order valence-electron chi connectivity index (χ2n) is 5.13. The first-order valence-corrected chi connectivity index (χ1v) is 9.24. The van der Waals surface area contributed by atoms with Crippen molar-refractivity contribution in [2.45, 2.75) is 18.1 Å². The van der Waals surface area contributed by atoms with Crippen LogP contribution >= 0.6 is 11.3 Å². The molecule has 126 valence electrons. The molecule has 0 atom stereocenters. The van der Waals surface area contributed by atoms with Gasteiger partial charge in [-0.2, -0.15) is 0 Å². The van der Waals surface area contributed by atoms with Gasteiger partial charge in [-0.1, -0.05) is 0 Å². The Hall–Kier alpha value is -2.39. The summed E-state index contributed by atoms with van der Waals surface area (Å²) in [6.07, 6.45) is 1.22. The van der Waals surface area contributed by atoms with Crippen LogP contribution in [0.5, 0.6) is 5.75 Å².